The van der Waals surface area contributed by atoms with Crippen molar-refractivity contribution in [2.24, 2.45) is 5.92 Å². The van der Waals surface area contributed by atoms with E-state index in [0.29, 0.717) is 28.0 Å². The van der Waals surface area contributed by atoms with Gasteiger partial charge in [0.2, 0.25) is 0 Å². The fourth-order valence-electron chi connectivity index (χ4n) is 1.13. The monoisotopic (exact) mass is 324 g/mol. The van der Waals surface area contributed by atoms with Crippen LogP contribution in [0.3, 0.4) is 0 Å². The second kappa shape index (κ2) is 5.99. The van der Waals surface area contributed by atoms with Gasteiger partial charge >= 0.3 is 0 Å². The summed E-state index contributed by atoms with van der Waals surface area (Å²) in [6.45, 7) is 4.86. The van der Waals surface area contributed by atoms with Crippen molar-refractivity contribution in [2.45, 2.75) is 18.7 Å². The van der Waals surface area contributed by atoms with E-state index in [2.05, 4.69) is 35.1 Å². The molecule has 0 spiro atoms. The van der Waals surface area contributed by atoms with Crippen LogP contribution in [0.2, 0.25) is 10.0 Å². The van der Waals surface area contributed by atoms with Crippen LogP contribution in [0.25, 0.3) is 0 Å². The average molecular weight is 326 g/mol. The van der Waals surface area contributed by atoms with E-state index in [-0.39, 0.29) is 10.8 Å². The number of hydrogen-bond acceptors (Lipinski definition) is 2. The molecule has 0 aromatic heterocycles. The number of benzene rings is 1. The molecule has 0 heterocycles. The van der Waals surface area contributed by atoms with Gasteiger partial charge in [0.05, 0.1) is 0 Å². The van der Waals surface area contributed by atoms with Crippen LogP contribution in [0.5, 0.6) is 5.75 Å². The van der Waals surface area contributed by atoms with Gasteiger partial charge in [-0.3, -0.25) is 0 Å². The zero-order valence-electron chi connectivity index (χ0n) is 9.06. The molecule has 0 bridgehead atoms. The Morgan fingerprint density at radius 2 is 2.00 bits per heavy atom. The standard InChI is InChI=1S/C11H14BrCl2NO/c1-6(2)8(12)5-15-10-4-7(13)3-9(14)11(10)16/h3-4,6,8,15-16H,5H2,1-2H3/p-1/t8-/m0/s1. The molecule has 2 nitrogen and oxygen atoms in total. The third-order valence-electron chi connectivity index (χ3n) is 2.22. The number of anilines is 1. The summed E-state index contributed by atoms with van der Waals surface area (Å²) < 4.78 is 0. The minimum absolute atomic E-state index is 0.144. The van der Waals surface area contributed by atoms with Crippen LogP contribution in [0, 0.1) is 5.92 Å². The molecular weight excluding hydrogens is 313 g/mol. The maximum atomic E-state index is 11.6. The van der Waals surface area contributed by atoms with Crippen molar-refractivity contribution in [3.05, 3.63) is 22.2 Å². The minimum atomic E-state index is -0.213. The van der Waals surface area contributed by atoms with Crippen molar-refractivity contribution >= 4 is 44.8 Å². The highest BCUT2D eigenvalue weighted by Gasteiger charge is 2.09. The largest absolute Gasteiger partial charge is 0.870 e. The number of nitrogens with one attached hydrogen (secondary N) is 1. The average Bonchev–Trinajstić information content (AvgIpc) is 2.20. The smallest absolute Gasteiger partial charge is 0.0440 e. The molecule has 0 unspecified atom stereocenters. The summed E-state index contributed by atoms with van der Waals surface area (Å²) in [4.78, 5) is 0.296. The first-order chi connectivity index (χ1) is 7.41. The van der Waals surface area contributed by atoms with E-state index in [1.54, 1.807) is 6.07 Å². The summed E-state index contributed by atoms with van der Waals surface area (Å²) in [5.41, 5.74) is 0.447. The van der Waals surface area contributed by atoms with Crippen LogP contribution >= 0.6 is 39.1 Å². The number of halogens is 3. The third kappa shape index (κ3) is 3.72. The second-order valence-electron chi connectivity index (χ2n) is 3.91. The van der Waals surface area contributed by atoms with Gasteiger partial charge in [0.1, 0.15) is 0 Å². The Labute approximate surface area is 114 Å². The highest BCUT2D eigenvalue weighted by molar-refractivity contribution is 9.09. The molecule has 1 rings (SSSR count). The molecule has 90 valence electrons. The van der Waals surface area contributed by atoms with Crippen LogP contribution in [-0.2, 0) is 0 Å². The Hall–Kier alpha value is -0.120. The van der Waals surface area contributed by atoms with Gasteiger partial charge in [-0.25, -0.2) is 0 Å². The molecule has 5 heteroatoms. The Kier molecular flexibility index (Phi) is 5.22. The van der Waals surface area contributed by atoms with Crippen molar-refractivity contribution in [3.8, 4) is 5.75 Å². The quantitative estimate of drug-likeness (QED) is 0.852. The Morgan fingerprint density at radius 1 is 1.38 bits per heavy atom. The summed E-state index contributed by atoms with van der Waals surface area (Å²) in [6.07, 6.45) is 0. The van der Waals surface area contributed by atoms with Gasteiger partial charge in [-0.2, -0.15) is 0 Å². The molecule has 1 aromatic rings. The summed E-state index contributed by atoms with van der Waals surface area (Å²) in [5.74, 6) is 0.270. The highest BCUT2D eigenvalue weighted by atomic mass is 79.9. The number of alkyl halides is 1. The third-order valence-corrected chi connectivity index (χ3v) is 4.10. The lowest BCUT2D eigenvalue weighted by molar-refractivity contribution is -0.266. The Morgan fingerprint density at radius 3 is 2.56 bits per heavy atom. The van der Waals surface area contributed by atoms with Crippen LogP contribution < -0.4 is 10.4 Å². The van der Waals surface area contributed by atoms with Crippen LogP contribution in [0.4, 0.5) is 5.69 Å². The first-order valence-corrected chi connectivity index (χ1v) is 6.63. The molecule has 0 aliphatic heterocycles. The Balaban J connectivity index is 2.74. The van der Waals surface area contributed by atoms with Gasteiger partial charge in [0, 0.05) is 27.1 Å². The van der Waals surface area contributed by atoms with E-state index in [9.17, 15) is 5.11 Å². The molecule has 0 aliphatic carbocycles. The normalized spacial score (nSPS) is 12.9. The fraction of sp³-hybridized carbons (Fsp3) is 0.455. The molecule has 0 fully saturated rings. The predicted molar refractivity (Wildman–Crippen MR) is 72.0 cm³/mol. The first kappa shape index (κ1) is 13.9. The van der Waals surface area contributed by atoms with E-state index in [1.165, 1.54) is 6.07 Å². The molecule has 1 N–H and O–H groups in total. The van der Waals surface area contributed by atoms with E-state index in [1.807, 2.05) is 0 Å². The van der Waals surface area contributed by atoms with Crippen molar-refractivity contribution < 1.29 is 5.11 Å². The molecule has 1 aromatic carbocycles. The molecule has 0 saturated carbocycles. The van der Waals surface area contributed by atoms with Crippen molar-refractivity contribution in [3.63, 3.8) is 0 Å². The lowest BCUT2D eigenvalue weighted by atomic mass is 10.1. The van der Waals surface area contributed by atoms with E-state index >= 15 is 0 Å². The van der Waals surface area contributed by atoms with Gasteiger partial charge in [-0.1, -0.05) is 58.7 Å². The predicted octanol–water partition coefficient (Wildman–Crippen LogP) is 3.90. The topological polar surface area (TPSA) is 35.1 Å². The minimum Gasteiger partial charge on any atom is -0.870 e. The van der Waals surface area contributed by atoms with Gasteiger partial charge in [0.25, 0.3) is 0 Å². The van der Waals surface area contributed by atoms with Crippen molar-refractivity contribution in [2.75, 3.05) is 11.9 Å². The maximum absolute atomic E-state index is 11.6. The van der Waals surface area contributed by atoms with E-state index in [0.717, 1.165) is 0 Å². The molecule has 0 saturated heterocycles. The molecule has 0 amide bonds. The summed E-state index contributed by atoms with van der Waals surface area (Å²) in [6, 6.07) is 3.04. The molecule has 0 radical (unpaired) electrons. The highest BCUT2D eigenvalue weighted by Crippen LogP contribution is 2.33. The maximum Gasteiger partial charge on any atom is 0.0440 e. The molecule has 16 heavy (non-hydrogen) atoms. The number of rotatable bonds is 4. The Bertz CT molecular complexity index is 371. The lowest BCUT2D eigenvalue weighted by Crippen LogP contribution is -2.19. The number of hydrogen-bond donors (Lipinski definition) is 1. The van der Waals surface area contributed by atoms with Gasteiger partial charge in [-0.05, 0) is 18.1 Å². The van der Waals surface area contributed by atoms with E-state index < -0.39 is 0 Å². The zero-order valence-corrected chi connectivity index (χ0v) is 12.2. The van der Waals surface area contributed by atoms with Crippen LogP contribution in [0.1, 0.15) is 13.8 Å². The summed E-state index contributed by atoms with van der Waals surface area (Å²) in [7, 11) is 0. The SMILES string of the molecule is CC(C)[C@@H](Br)CNc1cc(Cl)cc(Cl)c1[O-]. The van der Waals surface area contributed by atoms with Crippen LogP contribution in [0.15, 0.2) is 12.1 Å². The summed E-state index contributed by atoms with van der Waals surface area (Å²) >= 11 is 15.1. The second-order valence-corrected chi connectivity index (χ2v) is 5.92. The van der Waals surface area contributed by atoms with Crippen molar-refractivity contribution in [1.29, 1.82) is 0 Å². The molecule has 1 atom stereocenters. The molecule has 0 aliphatic rings. The van der Waals surface area contributed by atoms with Crippen molar-refractivity contribution in [1.82, 2.24) is 0 Å². The van der Waals surface area contributed by atoms with Gasteiger partial charge in [0.15, 0.2) is 0 Å². The first-order valence-electron chi connectivity index (χ1n) is 4.95. The van der Waals surface area contributed by atoms with E-state index in [4.69, 9.17) is 23.2 Å². The molecular formula is C11H13BrCl2NO-. The fourth-order valence-corrected chi connectivity index (χ4v) is 1.79. The van der Waals surface area contributed by atoms with Crippen LogP contribution in [-0.4, -0.2) is 11.4 Å². The van der Waals surface area contributed by atoms with Gasteiger partial charge < -0.3 is 10.4 Å². The lowest BCUT2D eigenvalue weighted by Gasteiger charge is -2.20. The summed E-state index contributed by atoms with van der Waals surface area (Å²) in [5, 5.41) is 15.3. The van der Waals surface area contributed by atoms with Gasteiger partial charge in [-0.15, -0.1) is 0 Å². The zero-order chi connectivity index (χ0) is 12.3.